The zero-order valence-corrected chi connectivity index (χ0v) is 11.1. The van der Waals surface area contributed by atoms with Gasteiger partial charge in [-0.05, 0) is 26.2 Å². The first kappa shape index (κ1) is 13.1. The number of ether oxygens (including phenoxy) is 2. The van der Waals surface area contributed by atoms with Crippen molar-refractivity contribution in [1.29, 1.82) is 0 Å². The maximum absolute atomic E-state index is 12.2. The van der Waals surface area contributed by atoms with Gasteiger partial charge in [-0.2, -0.15) is 0 Å². The van der Waals surface area contributed by atoms with Crippen molar-refractivity contribution in [3.63, 3.8) is 0 Å². The van der Waals surface area contributed by atoms with Crippen molar-refractivity contribution in [1.82, 2.24) is 0 Å². The van der Waals surface area contributed by atoms with E-state index in [9.17, 15) is 15.0 Å². The molecule has 2 N–H and O–H groups in total. The van der Waals surface area contributed by atoms with Crippen LogP contribution in [0.15, 0.2) is 12.2 Å². The molecule has 5 unspecified atom stereocenters. The van der Waals surface area contributed by atoms with E-state index in [0.29, 0.717) is 6.42 Å². The van der Waals surface area contributed by atoms with Crippen LogP contribution in [-0.4, -0.2) is 46.7 Å². The molecule has 2 fully saturated rings. The van der Waals surface area contributed by atoms with Crippen LogP contribution in [0.1, 0.15) is 20.3 Å². The van der Waals surface area contributed by atoms with E-state index in [1.165, 1.54) is 0 Å². The fourth-order valence-corrected chi connectivity index (χ4v) is 3.70. The average molecular weight is 268 g/mol. The number of carbonyl (C=O) groups is 1. The molecule has 3 rings (SSSR count). The first-order chi connectivity index (χ1) is 8.99. The Morgan fingerprint density at radius 3 is 2.79 bits per heavy atom. The van der Waals surface area contributed by atoms with Crippen molar-refractivity contribution in [2.75, 3.05) is 0 Å². The van der Waals surface area contributed by atoms with Crippen LogP contribution in [0.5, 0.6) is 0 Å². The molecule has 0 aromatic carbocycles. The second-order valence-electron chi connectivity index (χ2n) is 6.00. The maximum Gasteiger partial charge on any atom is 0.312 e. The molecule has 5 nitrogen and oxygen atoms in total. The smallest absolute Gasteiger partial charge is 0.312 e. The first-order valence-electron chi connectivity index (χ1n) is 6.89. The van der Waals surface area contributed by atoms with E-state index in [1.807, 2.05) is 0 Å². The maximum atomic E-state index is 12.2. The van der Waals surface area contributed by atoms with Gasteiger partial charge in [0, 0.05) is 5.92 Å². The monoisotopic (exact) mass is 268 g/mol. The molecule has 106 valence electrons. The third-order valence-corrected chi connectivity index (χ3v) is 4.41. The Labute approximate surface area is 112 Å². The van der Waals surface area contributed by atoms with Gasteiger partial charge in [0.05, 0.1) is 36.4 Å². The Morgan fingerprint density at radius 2 is 2.11 bits per heavy atom. The Bertz CT molecular complexity index is 405. The summed E-state index contributed by atoms with van der Waals surface area (Å²) < 4.78 is 11.1. The van der Waals surface area contributed by atoms with Crippen LogP contribution >= 0.6 is 0 Å². The molecule has 7 atom stereocenters. The summed E-state index contributed by atoms with van der Waals surface area (Å²) in [5.41, 5.74) is 0. The number of rotatable bonds is 2. The number of hydrogen-bond acceptors (Lipinski definition) is 5. The van der Waals surface area contributed by atoms with Gasteiger partial charge in [-0.15, -0.1) is 0 Å². The molecule has 19 heavy (non-hydrogen) atoms. The molecule has 1 saturated carbocycles. The summed E-state index contributed by atoms with van der Waals surface area (Å²) in [6, 6.07) is 0. The number of aliphatic hydroxyl groups excluding tert-OH is 2. The number of aliphatic hydroxyl groups is 2. The molecule has 1 aliphatic heterocycles. The van der Waals surface area contributed by atoms with Gasteiger partial charge in [0.1, 0.15) is 0 Å². The third-order valence-electron chi connectivity index (χ3n) is 4.41. The Kier molecular flexibility index (Phi) is 3.15. The molecule has 0 aromatic heterocycles. The minimum Gasteiger partial charge on any atom is -0.463 e. The highest BCUT2D eigenvalue weighted by atomic mass is 16.6. The van der Waals surface area contributed by atoms with Gasteiger partial charge >= 0.3 is 5.97 Å². The van der Waals surface area contributed by atoms with E-state index in [1.54, 1.807) is 26.0 Å². The van der Waals surface area contributed by atoms with Crippen LogP contribution in [0.2, 0.25) is 0 Å². The van der Waals surface area contributed by atoms with Crippen molar-refractivity contribution < 1.29 is 24.5 Å². The number of hydrogen-bond donors (Lipinski definition) is 2. The zero-order valence-electron chi connectivity index (χ0n) is 11.1. The third kappa shape index (κ3) is 2.00. The van der Waals surface area contributed by atoms with Crippen molar-refractivity contribution in [2.24, 2.45) is 17.8 Å². The second-order valence-corrected chi connectivity index (χ2v) is 6.00. The Morgan fingerprint density at radius 1 is 1.37 bits per heavy atom. The topological polar surface area (TPSA) is 76.0 Å². The van der Waals surface area contributed by atoms with Gasteiger partial charge in [-0.3, -0.25) is 4.79 Å². The van der Waals surface area contributed by atoms with E-state index in [2.05, 4.69) is 0 Å². The van der Waals surface area contributed by atoms with Gasteiger partial charge in [0.15, 0.2) is 0 Å². The molecule has 5 heteroatoms. The fraction of sp³-hybridized carbons (Fsp3) is 0.786. The average Bonchev–Trinajstić information content (AvgIpc) is 2.67. The highest BCUT2D eigenvalue weighted by Gasteiger charge is 2.59. The number of esters is 1. The molecule has 0 spiro atoms. The van der Waals surface area contributed by atoms with Gasteiger partial charge in [-0.25, -0.2) is 0 Å². The lowest BCUT2D eigenvalue weighted by atomic mass is 9.65. The van der Waals surface area contributed by atoms with Crippen LogP contribution in [0.4, 0.5) is 0 Å². The summed E-state index contributed by atoms with van der Waals surface area (Å²) in [6.45, 7) is 3.60. The summed E-state index contributed by atoms with van der Waals surface area (Å²) in [7, 11) is 0. The molecular formula is C14H20O5. The predicted octanol–water partition coefficient (Wildman–Crippen LogP) is 0.249. The normalized spacial score (nSPS) is 47.5. The van der Waals surface area contributed by atoms with E-state index in [0.717, 1.165) is 0 Å². The molecule has 2 aliphatic carbocycles. The van der Waals surface area contributed by atoms with Crippen LogP contribution < -0.4 is 0 Å². The summed E-state index contributed by atoms with van der Waals surface area (Å²) in [4.78, 5) is 12.2. The molecule has 1 saturated heterocycles. The summed E-state index contributed by atoms with van der Waals surface area (Å²) in [5.74, 6) is -1.01. The van der Waals surface area contributed by atoms with Crippen LogP contribution in [-0.2, 0) is 14.3 Å². The van der Waals surface area contributed by atoms with E-state index < -0.39 is 24.2 Å². The Hall–Kier alpha value is -0.910. The van der Waals surface area contributed by atoms with Crippen LogP contribution in [0.3, 0.4) is 0 Å². The number of carbonyl (C=O) groups excluding carboxylic acids is 1. The minimum atomic E-state index is -0.717. The summed E-state index contributed by atoms with van der Waals surface area (Å²) >= 11 is 0. The van der Waals surface area contributed by atoms with Crippen LogP contribution in [0.25, 0.3) is 0 Å². The fourth-order valence-electron chi connectivity index (χ4n) is 3.70. The van der Waals surface area contributed by atoms with Crippen molar-refractivity contribution >= 4 is 5.97 Å². The second kappa shape index (κ2) is 4.58. The molecule has 0 aromatic rings. The summed E-state index contributed by atoms with van der Waals surface area (Å²) in [5, 5.41) is 20.2. The quantitative estimate of drug-likeness (QED) is 0.554. The SMILES string of the molecule is CC(C)OC(=O)C1C2C3CC(O)[C@@H]1O[C@@H]2C=CC3O. The highest BCUT2D eigenvalue weighted by Crippen LogP contribution is 2.50. The van der Waals surface area contributed by atoms with Gasteiger partial charge in [0.2, 0.25) is 0 Å². The van der Waals surface area contributed by atoms with Crippen molar-refractivity contribution in [3.05, 3.63) is 12.2 Å². The molecule has 1 heterocycles. The van der Waals surface area contributed by atoms with Gasteiger partial charge in [-0.1, -0.05) is 12.2 Å². The molecule has 0 amide bonds. The minimum absolute atomic E-state index is 0.0837. The largest absolute Gasteiger partial charge is 0.463 e. The van der Waals surface area contributed by atoms with Gasteiger partial charge < -0.3 is 19.7 Å². The lowest BCUT2D eigenvalue weighted by molar-refractivity contribution is -0.162. The molecular weight excluding hydrogens is 248 g/mol. The number of fused-ring (bicyclic) bond motifs is 1. The molecule has 2 bridgehead atoms. The van der Waals surface area contributed by atoms with E-state index in [-0.39, 0.29) is 30.0 Å². The zero-order chi connectivity index (χ0) is 13.7. The van der Waals surface area contributed by atoms with Crippen LogP contribution in [0, 0.1) is 17.8 Å². The lowest BCUT2D eigenvalue weighted by Gasteiger charge is -2.40. The van der Waals surface area contributed by atoms with Gasteiger partial charge in [0.25, 0.3) is 0 Å². The first-order valence-corrected chi connectivity index (χ1v) is 6.89. The lowest BCUT2D eigenvalue weighted by Crippen LogP contribution is -2.50. The van der Waals surface area contributed by atoms with E-state index in [4.69, 9.17) is 9.47 Å². The molecule has 3 aliphatic rings. The van der Waals surface area contributed by atoms with Crippen molar-refractivity contribution in [3.8, 4) is 0 Å². The Balaban J connectivity index is 1.90. The van der Waals surface area contributed by atoms with E-state index >= 15 is 0 Å². The highest BCUT2D eigenvalue weighted by molar-refractivity contribution is 5.75. The predicted molar refractivity (Wildman–Crippen MR) is 66.1 cm³/mol. The molecule has 0 radical (unpaired) electrons. The standard InChI is InChI=1S/C14H20O5/c1-6(2)18-14(17)12-11-7-5-9(16)13(12)19-10(11)4-3-8(7)15/h3-4,6-13,15-16H,5H2,1-2H3/t7?,8?,9?,10-,11?,12?,13+/m1/s1. The summed E-state index contributed by atoms with van der Waals surface area (Å²) in [6.07, 6.45) is 1.76. The van der Waals surface area contributed by atoms with Crippen molar-refractivity contribution in [2.45, 2.75) is 50.8 Å².